The van der Waals surface area contributed by atoms with Crippen LogP contribution in [0.15, 0.2) is 18.2 Å². The molecule has 0 bridgehead atoms. The van der Waals surface area contributed by atoms with E-state index in [4.69, 9.17) is 11.6 Å². The quantitative estimate of drug-likeness (QED) is 0.913. The molecule has 6 heteroatoms. The molecule has 1 aliphatic heterocycles. The molecule has 1 N–H and O–H groups in total. The normalized spacial score (nSPS) is 22.6. The summed E-state index contributed by atoms with van der Waals surface area (Å²) in [5, 5.41) is 9.29. The van der Waals surface area contributed by atoms with Crippen molar-refractivity contribution in [2.24, 2.45) is 5.92 Å². The number of carboxylic acids is 1. The standard InChI is InChI=1S/C14H15ClFNO3/c1-8-4-3-7-17(12(8)14(19)20)13(18)11-9(15)5-2-6-10(11)16/h2,5-6,8,12H,3-4,7H2,1H3,(H,19,20). The van der Waals surface area contributed by atoms with E-state index in [0.717, 1.165) is 12.5 Å². The predicted octanol–water partition coefficient (Wildman–Crippen LogP) is 2.80. The number of likely N-dealkylation sites (tertiary alicyclic amines) is 1. The Kier molecular flexibility index (Phi) is 4.28. The number of rotatable bonds is 2. The molecule has 20 heavy (non-hydrogen) atoms. The lowest BCUT2D eigenvalue weighted by molar-refractivity contribution is -0.145. The minimum atomic E-state index is -1.07. The van der Waals surface area contributed by atoms with Crippen molar-refractivity contribution in [1.29, 1.82) is 0 Å². The van der Waals surface area contributed by atoms with Crippen LogP contribution in [0.25, 0.3) is 0 Å². The van der Waals surface area contributed by atoms with Gasteiger partial charge in [-0.2, -0.15) is 0 Å². The summed E-state index contributed by atoms with van der Waals surface area (Å²) in [5.41, 5.74) is -0.255. The topological polar surface area (TPSA) is 57.6 Å². The van der Waals surface area contributed by atoms with Crippen molar-refractivity contribution in [2.75, 3.05) is 6.54 Å². The van der Waals surface area contributed by atoms with E-state index in [2.05, 4.69) is 0 Å². The summed E-state index contributed by atoms with van der Waals surface area (Å²) in [7, 11) is 0. The second kappa shape index (κ2) is 5.79. The second-order valence-corrected chi connectivity index (χ2v) is 5.40. The Bertz CT molecular complexity index is 529. The van der Waals surface area contributed by atoms with Gasteiger partial charge in [-0.05, 0) is 30.9 Å². The summed E-state index contributed by atoms with van der Waals surface area (Å²) < 4.78 is 13.8. The third-order valence-electron chi connectivity index (χ3n) is 3.62. The maximum absolute atomic E-state index is 13.8. The average molecular weight is 300 g/mol. The number of halogens is 2. The third-order valence-corrected chi connectivity index (χ3v) is 3.94. The van der Waals surface area contributed by atoms with E-state index in [9.17, 15) is 19.1 Å². The van der Waals surface area contributed by atoms with Crippen molar-refractivity contribution in [1.82, 2.24) is 4.90 Å². The molecule has 0 aromatic heterocycles. The first-order chi connectivity index (χ1) is 9.43. The number of hydrogen-bond donors (Lipinski definition) is 1. The first-order valence-electron chi connectivity index (χ1n) is 6.41. The molecule has 0 spiro atoms. The molecule has 2 rings (SSSR count). The molecule has 1 heterocycles. The lowest BCUT2D eigenvalue weighted by Crippen LogP contribution is -2.52. The molecule has 2 unspecified atom stereocenters. The van der Waals surface area contributed by atoms with Gasteiger partial charge in [0.25, 0.3) is 5.91 Å². The van der Waals surface area contributed by atoms with Crippen LogP contribution in [0.5, 0.6) is 0 Å². The second-order valence-electron chi connectivity index (χ2n) is 5.00. The summed E-state index contributed by atoms with van der Waals surface area (Å²) in [4.78, 5) is 25.0. The van der Waals surface area contributed by atoms with Crippen LogP contribution in [0.3, 0.4) is 0 Å². The number of benzene rings is 1. The van der Waals surface area contributed by atoms with E-state index in [1.54, 1.807) is 6.92 Å². The van der Waals surface area contributed by atoms with Crippen LogP contribution in [-0.4, -0.2) is 34.5 Å². The highest BCUT2D eigenvalue weighted by Gasteiger charge is 2.38. The van der Waals surface area contributed by atoms with Crippen LogP contribution in [0.4, 0.5) is 4.39 Å². The summed E-state index contributed by atoms with van der Waals surface area (Å²) in [6.45, 7) is 2.08. The fraction of sp³-hybridized carbons (Fsp3) is 0.429. The van der Waals surface area contributed by atoms with Gasteiger partial charge in [0.05, 0.1) is 10.6 Å². The Morgan fingerprint density at radius 2 is 2.15 bits per heavy atom. The van der Waals surface area contributed by atoms with Gasteiger partial charge in [-0.1, -0.05) is 24.6 Å². The summed E-state index contributed by atoms with van der Waals surface area (Å²) in [5.74, 6) is -2.63. The maximum Gasteiger partial charge on any atom is 0.326 e. The lowest BCUT2D eigenvalue weighted by atomic mass is 9.90. The fourth-order valence-corrected chi connectivity index (χ4v) is 2.88. The van der Waals surface area contributed by atoms with Gasteiger partial charge < -0.3 is 10.0 Å². The van der Waals surface area contributed by atoms with E-state index >= 15 is 0 Å². The fourth-order valence-electron chi connectivity index (χ4n) is 2.64. The van der Waals surface area contributed by atoms with Crippen molar-refractivity contribution >= 4 is 23.5 Å². The number of amides is 1. The van der Waals surface area contributed by atoms with Crippen LogP contribution >= 0.6 is 11.6 Å². The van der Waals surface area contributed by atoms with Gasteiger partial charge in [-0.15, -0.1) is 0 Å². The van der Waals surface area contributed by atoms with E-state index in [1.165, 1.54) is 17.0 Å². The number of nitrogens with zero attached hydrogens (tertiary/aromatic N) is 1. The van der Waals surface area contributed by atoms with E-state index in [-0.39, 0.29) is 16.5 Å². The zero-order valence-electron chi connectivity index (χ0n) is 11.0. The van der Waals surface area contributed by atoms with Gasteiger partial charge in [-0.3, -0.25) is 4.79 Å². The molecule has 108 valence electrons. The average Bonchev–Trinajstić information content (AvgIpc) is 2.37. The highest BCUT2D eigenvalue weighted by molar-refractivity contribution is 6.33. The highest BCUT2D eigenvalue weighted by atomic mass is 35.5. The van der Waals surface area contributed by atoms with Crippen molar-refractivity contribution in [3.8, 4) is 0 Å². The number of carbonyl (C=O) groups excluding carboxylic acids is 1. The van der Waals surface area contributed by atoms with Crippen molar-refractivity contribution in [3.63, 3.8) is 0 Å². The summed E-state index contributed by atoms with van der Waals surface area (Å²) >= 11 is 5.87. The molecule has 1 aliphatic rings. The lowest BCUT2D eigenvalue weighted by Gasteiger charge is -2.37. The predicted molar refractivity (Wildman–Crippen MR) is 72.3 cm³/mol. The van der Waals surface area contributed by atoms with E-state index in [0.29, 0.717) is 13.0 Å². The number of carboxylic acid groups (broad SMARTS) is 1. The van der Waals surface area contributed by atoms with Crippen LogP contribution in [0.1, 0.15) is 30.1 Å². The Hall–Kier alpha value is -1.62. The molecule has 0 radical (unpaired) electrons. The van der Waals surface area contributed by atoms with Gasteiger partial charge in [0.2, 0.25) is 0 Å². The summed E-state index contributed by atoms with van der Waals surface area (Å²) in [6.07, 6.45) is 1.43. The molecule has 1 amide bonds. The zero-order chi connectivity index (χ0) is 14.9. The van der Waals surface area contributed by atoms with Crippen LogP contribution in [-0.2, 0) is 4.79 Å². The molecule has 1 aromatic carbocycles. The molecule has 1 aromatic rings. The molecule has 2 atom stereocenters. The zero-order valence-corrected chi connectivity index (χ0v) is 11.7. The van der Waals surface area contributed by atoms with Crippen molar-refractivity contribution in [3.05, 3.63) is 34.6 Å². The van der Waals surface area contributed by atoms with Gasteiger partial charge >= 0.3 is 5.97 Å². The maximum atomic E-state index is 13.8. The first-order valence-corrected chi connectivity index (χ1v) is 6.79. The van der Waals surface area contributed by atoms with E-state index < -0.39 is 23.7 Å². The van der Waals surface area contributed by atoms with Crippen molar-refractivity contribution in [2.45, 2.75) is 25.8 Å². The van der Waals surface area contributed by atoms with Gasteiger partial charge in [-0.25, -0.2) is 9.18 Å². The Morgan fingerprint density at radius 1 is 1.45 bits per heavy atom. The SMILES string of the molecule is CC1CCCN(C(=O)c2c(F)cccc2Cl)C1C(=O)O. The Balaban J connectivity index is 2.38. The number of aliphatic carboxylic acids is 1. The molecule has 4 nitrogen and oxygen atoms in total. The molecular formula is C14H15ClFNO3. The summed E-state index contributed by atoms with van der Waals surface area (Å²) in [6, 6.07) is 3.03. The van der Waals surface area contributed by atoms with Crippen LogP contribution < -0.4 is 0 Å². The molecule has 0 saturated carbocycles. The molecule has 1 fully saturated rings. The molecule has 1 saturated heterocycles. The van der Waals surface area contributed by atoms with Crippen LogP contribution in [0.2, 0.25) is 5.02 Å². The minimum Gasteiger partial charge on any atom is -0.480 e. The van der Waals surface area contributed by atoms with Gasteiger partial charge in [0.15, 0.2) is 0 Å². The van der Waals surface area contributed by atoms with Crippen molar-refractivity contribution < 1.29 is 19.1 Å². The van der Waals surface area contributed by atoms with Gasteiger partial charge in [0, 0.05) is 6.54 Å². The highest BCUT2D eigenvalue weighted by Crippen LogP contribution is 2.28. The molecular weight excluding hydrogens is 285 g/mol. The number of carbonyl (C=O) groups is 2. The minimum absolute atomic E-state index is 0.00244. The van der Waals surface area contributed by atoms with E-state index in [1.807, 2.05) is 0 Å². The Morgan fingerprint density at radius 3 is 2.75 bits per heavy atom. The van der Waals surface area contributed by atoms with Gasteiger partial charge in [0.1, 0.15) is 11.9 Å². The third kappa shape index (κ3) is 2.63. The largest absolute Gasteiger partial charge is 0.480 e. The number of hydrogen-bond acceptors (Lipinski definition) is 2. The first kappa shape index (κ1) is 14.8. The Labute approximate surface area is 121 Å². The van der Waals surface area contributed by atoms with Crippen LogP contribution in [0, 0.1) is 11.7 Å². The number of piperidine rings is 1. The monoisotopic (exact) mass is 299 g/mol. The smallest absolute Gasteiger partial charge is 0.326 e. The molecule has 0 aliphatic carbocycles.